The highest BCUT2D eigenvalue weighted by molar-refractivity contribution is 7.85. The lowest BCUT2D eigenvalue weighted by atomic mass is 9.77. The number of pyridine rings is 1. The molecule has 1 aromatic heterocycles. The van der Waals surface area contributed by atoms with E-state index >= 15 is 0 Å². The van der Waals surface area contributed by atoms with E-state index < -0.39 is 85.1 Å². The first-order valence-corrected chi connectivity index (χ1v) is 23.3. The minimum absolute atomic E-state index is 0.0292. The maximum absolute atomic E-state index is 14.6. The summed E-state index contributed by atoms with van der Waals surface area (Å²) in [4.78, 5) is 61.6. The molecule has 1 aromatic carbocycles. The number of ether oxygens (including phenoxy) is 3. The third kappa shape index (κ3) is 11.8. The van der Waals surface area contributed by atoms with Crippen molar-refractivity contribution in [2.45, 2.75) is 128 Å². The quantitative estimate of drug-likeness (QED) is 0.168. The molecule has 7 rings (SSSR count). The molecule has 0 bridgehead atoms. The van der Waals surface area contributed by atoms with Crippen molar-refractivity contribution in [3.8, 4) is 11.6 Å². The van der Waals surface area contributed by atoms with Crippen LogP contribution in [-0.2, 0) is 52.9 Å². The number of hydrogen-bond acceptors (Lipinski definition) is 14. The zero-order valence-corrected chi connectivity index (χ0v) is 36.1. The van der Waals surface area contributed by atoms with Crippen LogP contribution in [0.2, 0.25) is 0 Å². The second kappa shape index (κ2) is 18.0. The summed E-state index contributed by atoms with van der Waals surface area (Å²) in [7, 11) is -6.46. The number of ketones is 1. The van der Waals surface area contributed by atoms with Crippen LogP contribution in [0, 0.1) is 22.7 Å². The van der Waals surface area contributed by atoms with Crippen molar-refractivity contribution in [1.29, 1.82) is 0 Å². The Morgan fingerprint density at radius 3 is 2.22 bits per heavy atom. The third-order valence-electron chi connectivity index (χ3n) is 11.6. The summed E-state index contributed by atoms with van der Waals surface area (Å²) in [5.74, 6) is -2.39. The van der Waals surface area contributed by atoms with Gasteiger partial charge < -0.3 is 19.1 Å². The largest absolute Gasteiger partial charge is 0.497 e. The maximum atomic E-state index is 14.6. The van der Waals surface area contributed by atoms with Crippen LogP contribution in [0.4, 0.5) is 0 Å². The Balaban J connectivity index is 0.000000676. The number of fused-ring (bicyclic) bond motifs is 1. The minimum Gasteiger partial charge on any atom is -0.497 e. The van der Waals surface area contributed by atoms with Crippen molar-refractivity contribution in [1.82, 2.24) is 14.6 Å². The van der Waals surface area contributed by atoms with Crippen molar-refractivity contribution in [3.63, 3.8) is 0 Å². The van der Waals surface area contributed by atoms with Gasteiger partial charge in [-0.15, -0.1) is 6.58 Å². The zero-order chi connectivity index (χ0) is 43.6. The normalized spacial score (nSPS) is 24.8. The van der Waals surface area contributed by atoms with Gasteiger partial charge in [-0.2, -0.15) is 16.8 Å². The number of hydrogen-bond donors (Lipinski definition) is 2. The van der Waals surface area contributed by atoms with E-state index in [0.29, 0.717) is 24.5 Å². The molecule has 2 amide bonds. The molecule has 5 aliphatic rings. The van der Waals surface area contributed by atoms with Crippen molar-refractivity contribution in [2.24, 2.45) is 27.8 Å². The van der Waals surface area contributed by atoms with Crippen LogP contribution in [0.1, 0.15) is 97.8 Å². The molecule has 0 radical (unpaired) electrons. The predicted octanol–water partition coefficient (Wildman–Crippen LogP) is 4.19. The standard InChI is InChI=1S/C38H49N3O10S.C3H7NO3S/c1-6-24-20-38(24,36(45)40-52(46,47)51-26-11-12-26)21-32(42)31-18-28(50-34-29-14-13-27(48-5)17-23(29)15-16-39-34)22-41(31)35(44)30(37(2,3)4)19-33(43)49-25-9-7-8-10-25;4-8(5,6)7-3-1-2-3/h6,13-17,24-26,28,30-31H,1,7-12,18-22H2,2-5H3,(H,40,45);3H,1-2H2,(H2,4,5,6)/t24-,28-,30-,31+,38-;/m1./s1. The van der Waals surface area contributed by atoms with E-state index in [0.717, 1.165) is 49.3 Å². The average molecular weight is 877 g/mol. The van der Waals surface area contributed by atoms with Crippen LogP contribution >= 0.6 is 0 Å². The monoisotopic (exact) mass is 876 g/mol. The summed E-state index contributed by atoms with van der Waals surface area (Å²) in [5.41, 5.74) is -2.03. The number of methoxy groups -OCH3 is 1. The van der Waals surface area contributed by atoms with Gasteiger partial charge in [-0.1, -0.05) is 26.8 Å². The molecule has 5 atom stereocenters. The number of likely N-dealkylation sites (tertiary alicyclic amines) is 1. The number of allylic oxidation sites excluding steroid dienone is 1. The zero-order valence-electron chi connectivity index (χ0n) is 34.5. The molecular weight excluding hydrogens is 821 g/mol. The molecule has 330 valence electrons. The van der Waals surface area contributed by atoms with Crippen LogP contribution in [0.5, 0.6) is 11.6 Å². The maximum Gasteiger partial charge on any atom is 0.362 e. The lowest BCUT2D eigenvalue weighted by Gasteiger charge is -2.35. The van der Waals surface area contributed by atoms with Crippen molar-refractivity contribution < 1.29 is 58.6 Å². The van der Waals surface area contributed by atoms with Gasteiger partial charge in [0.05, 0.1) is 49.7 Å². The molecule has 19 heteroatoms. The second-order valence-corrected chi connectivity index (χ2v) is 20.0. The molecule has 2 heterocycles. The van der Waals surface area contributed by atoms with Gasteiger partial charge in [-0.25, -0.2) is 14.8 Å². The number of rotatable bonds is 17. The Morgan fingerprint density at radius 2 is 1.65 bits per heavy atom. The van der Waals surface area contributed by atoms with Crippen molar-refractivity contribution in [3.05, 3.63) is 43.1 Å². The van der Waals surface area contributed by atoms with E-state index in [4.69, 9.17) is 18.4 Å². The van der Waals surface area contributed by atoms with Crippen LogP contribution in [0.15, 0.2) is 43.1 Å². The molecule has 2 aromatic rings. The Morgan fingerprint density at radius 1 is 0.983 bits per heavy atom. The molecule has 5 fully saturated rings. The Kier molecular flexibility index (Phi) is 13.6. The molecule has 0 spiro atoms. The lowest BCUT2D eigenvalue weighted by molar-refractivity contribution is -0.156. The number of esters is 1. The molecule has 4 saturated carbocycles. The Bertz CT molecular complexity index is 2180. The summed E-state index contributed by atoms with van der Waals surface area (Å²) >= 11 is 0. The number of carbonyl (C=O) groups is 4. The van der Waals surface area contributed by atoms with Gasteiger partial charge >= 0.3 is 26.6 Å². The van der Waals surface area contributed by atoms with Gasteiger partial charge in [0, 0.05) is 24.4 Å². The number of nitrogens with zero attached hydrogens (tertiary/aromatic N) is 2. The summed E-state index contributed by atoms with van der Waals surface area (Å²) < 4.78 is 74.1. The van der Waals surface area contributed by atoms with E-state index in [-0.39, 0.29) is 44.4 Å². The number of nitrogens with two attached hydrogens (primary N) is 1. The second-order valence-electron chi connectivity index (χ2n) is 17.5. The third-order valence-corrected chi connectivity index (χ3v) is 13.1. The molecule has 60 heavy (non-hydrogen) atoms. The highest BCUT2D eigenvalue weighted by atomic mass is 32.2. The van der Waals surface area contributed by atoms with Crippen molar-refractivity contribution in [2.75, 3.05) is 13.7 Å². The fourth-order valence-electron chi connectivity index (χ4n) is 7.86. The van der Waals surface area contributed by atoms with Gasteiger partial charge in [0.2, 0.25) is 17.7 Å². The minimum atomic E-state index is -4.37. The Labute approximate surface area is 351 Å². The molecule has 0 unspecified atom stereocenters. The van der Waals surface area contributed by atoms with E-state index in [1.165, 1.54) is 11.0 Å². The molecule has 17 nitrogen and oxygen atoms in total. The van der Waals surface area contributed by atoms with Gasteiger partial charge in [0.1, 0.15) is 18.0 Å². The number of carbonyl (C=O) groups excluding carboxylic acids is 4. The summed E-state index contributed by atoms with van der Waals surface area (Å²) in [6, 6.07) is 6.28. The van der Waals surface area contributed by atoms with Gasteiger partial charge in [-0.3, -0.25) is 27.5 Å². The number of Topliss-reactive ketones (excluding diaryl/α,β-unsaturated/α-hetero) is 1. The van der Waals surface area contributed by atoms with Crippen molar-refractivity contribution >= 4 is 54.9 Å². The SMILES string of the molecule is C=C[C@@H]1C[C@]1(CC(=O)[C@@H]1C[C@@H](Oc2nccc3cc(OC)ccc23)CN1C(=O)[C@@H](CC(=O)OC1CCCC1)C(C)(C)C)C(=O)NS(=O)(=O)OC1CC1.NS(=O)(=O)OC1CC1. The molecule has 3 N–H and O–H groups in total. The van der Waals surface area contributed by atoms with E-state index in [2.05, 4.69) is 20.9 Å². The Hall–Kier alpha value is -4.17. The molecule has 1 saturated heterocycles. The molecular formula is C41H56N4O13S2. The van der Waals surface area contributed by atoms with Crippen LogP contribution < -0.4 is 19.3 Å². The van der Waals surface area contributed by atoms with E-state index in [9.17, 15) is 36.0 Å². The predicted molar refractivity (Wildman–Crippen MR) is 217 cm³/mol. The first kappa shape index (κ1) is 45.4. The summed E-state index contributed by atoms with van der Waals surface area (Å²) in [6.45, 7) is 9.44. The number of amides is 2. The fraction of sp³-hybridized carbons (Fsp3) is 0.634. The summed E-state index contributed by atoms with van der Waals surface area (Å²) in [6.07, 6.45) is 7.95. The molecule has 1 aliphatic heterocycles. The van der Waals surface area contributed by atoms with Gasteiger partial charge in [0.25, 0.3) is 0 Å². The molecule has 4 aliphatic carbocycles. The number of aromatic nitrogens is 1. The average Bonchev–Trinajstić information content (AvgIpc) is 4.14. The van der Waals surface area contributed by atoms with E-state index in [1.54, 1.807) is 19.4 Å². The van der Waals surface area contributed by atoms with Crippen LogP contribution in [0.3, 0.4) is 0 Å². The number of benzene rings is 1. The highest BCUT2D eigenvalue weighted by Crippen LogP contribution is 2.57. The smallest absolute Gasteiger partial charge is 0.362 e. The highest BCUT2D eigenvalue weighted by Gasteiger charge is 2.61. The number of nitrogens with one attached hydrogen (secondary N) is 1. The topological polar surface area (TPSA) is 237 Å². The summed E-state index contributed by atoms with van der Waals surface area (Å²) in [5, 5.41) is 6.07. The van der Waals surface area contributed by atoms with Gasteiger partial charge in [0.15, 0.2) is 5.78 Å². The van der Waals surface area contributed by atoms with Crippen LogP contribution in [0.25, 0.3) is 10.8 Å². The van der Waals surface area contributed by atoms with Gasteiger partial charge in [-0.05, 0) is 98.8 Å². The first-order chi connectivity index (χ1) is 28.2. The first-order valence-electron chi connectivity index (χ1n) is 20.4. The van der Waals surface area contributed by atoms with E-state index in [1.807, 2.05) is 43.7 Å². The fourth-order valence-corrected chi connectivity index (χ4v) is 9.46. The van der Waals surface area contributed by atoms with Crippen LogP contribution in [-0.4, -0.2) is 94.4 Å². The lowest BCUT2D eigenvalue weighted by Crippen LogP contribution is -2.48.